The Balaban J connectivity index is 1.32. The molecule has 0 spiro atoms. The normalized spacial score (nSPS) is 14.7. The Morgan fingerprint density at radius 3 is 2.09 bits per heavy atom. The SMILES string of the molecule is Cc1ccc(C(=O)C2CCN(C(=O)c3ccc(NS(=O)(=O)/C=C/c4ccccc4)cc3)CC2)cc1. The second-order valence-corrected chi connectivity index (χ2v) is 10.3. The summed E-state index contributed by atoms with van der Waals surface area (Å²) in [5.74, 6) is -0.0675. The highest BCUT2D eigenvalue weighted by Gasteiger charge is 2.28. The number of likely N-dealkylation sites (tertiary alicyclic amines) is 1. The molecule has 1 fully saturated rings. The van der Waals surface area contributed by atoms with E-state index in [9.17, 15) is 18.0 Å². The molecule has 1 amide bonds. The third-order valence-corrected chi connectivity index (χ3v) is 7.13. The molecule has 1 saturated heterocycles. The van der Waals surface area contributed by atoms with Gasteiger partial charge in [0.05, 0.1) is 5.41 Å². The van der Waals surface area contributed by atoms with Gasteiger partial charge >= 0.3 is 0 Å². The fourth-order valence-corrected chi connectivity index (χ4v) is 4.96. The number of carbonyl (C=O) groups is 2. The van der Waals surface area contributed by atoms with Crippen LogP contribution in [0.25, 0.3) is 6.08 Å². The van der Waals surface area contributed by atoms with E-state index in [0.29, 0.717) is 37.2 Å². The van der Waals surface area contributed by atoms with Crippen LogP contribution in [0.15, 0.2) is 84.3 Å². The number of benzene rings is 3. The predicted octanol–water partition coefficient (Wildman–Crippen LogP) is 5.14. The fraction of sp³-hybridized carbons (Fsp3) is 0.214. The largest absolute Gasteiger partial charge is 0.339 e. The number of amides is 1. The smallest absolute Gasteiger partial charge is 0.255 e. The van der Waals surface area contributed by atoms with Crippen molar-refractivity contribution in [1.29, 1.82) is 0 Å². The van der Waals surface area contributed by atoms with Crippen LogP contribution < -0.4 is 4.72 Å². The number of carbonyl (C=O) groups excluding carboxylic acids is 2. The Bertz CT molecular complexity index is 1310. The highest BCUT2D eigenvalue weighted by molar-refractivity contribution is 7.95. The van der Waals surface area contributed by atoms with Gasteiger partial charge in [-0.05, 0) is 55.7 Å². The summed E-state index contributed by atoms with van der Waals surface area (Å²) in [6, 6.07) is 23.1. The summed E-state index contributed by atoms with van der Waals surface area (Å²) < 4.78 is 27.2. The Morgan fingerprint density at radius 2 is 1.46 bits per heavy atom. The molecule has 0 atom stereocenters. The predicted molar refractivity (Wildman–Crippen MR) is 139 cm³/mol. The van der Waals surface area contributed by atoms with Gasteiger partial charge in [0.2, 0.25) is 0 Å². The van der Waals surface area contributed by atoms with Crippen LogP contribution in [0.2, 0.25) is 0 Å². The van der Waals surface area contributed by atoms with Crippen molar-refractivity contribution in [3.63, 3.8) is 0 Å². The van der Waals surface area contributed by atoms with Gasteiger partial charge in [0.1, 0.15) is 0 Å². The van der Waals surface area contributed by atoms with Gasteiger partial charge < -0.3 is 4.90 Å². The zero-order valence-corrected chi connectivity index (χ0v) is 20.4. The average molecular weight is 489 g/mol. The molecule has 6 nitrogen and oxygen atoms in total. The molecule has 1 N–H and O–H groups in total. The number of aryl methyl sites for hydroxylation is 1. The van der Waals surface area contributed by atoms with E-state index in [1.165, 1.54) is 6.08 Å². The van der Waals surface area contributed by atoms with Gasteiger partial charge in [-0.15, -0.1) is 0 Å². The summed E-state index contributed by atoms with van der Waals surface area (Å²) in [6.07, 6.45) is 2.78. The van der Waals surface area contributed by atoms with Crippen LogP contribution in [0, 0.1) is 12.8 Å². The lowest BCUT2D eigenvalue weighted by atomic mass is 9.88. The van der Waals surface area contributed by atoms with E-state index in [0.717, 1.165) is 22.1 Å². The van der Waals surface area contributed by atoms with Crippen LogP contribution in [-0.2, 0) is 10.0 Å². The van der Waals surface area contributed by atoms with E-state index < -0.39 is 10.0 Å². The van der Waals surface area contributed by atoms with Crippen LogP contribution in [0.4, 0.5) is 5.69 Å². The first-order valence-electron chi connectivity index (χ1n) is 11.6. The van der Waals surface area contributed by atoms with Gasteiger partial charge in [0.25, 0.3) is 15.9 Å². The molecule has 1 heterocycles. The van der Waals surface area contributed by atoms with Crippen molar-refractivity contribution in [2.45, 2.75) is 19.8 Å². The van der Waals surface area contributed by atoms with E-state index in [2.05, 4.69) is 4.72 Å². The van der Waals surface area contributed by atoms with Crippen LogP contribution in [0.1, 0.15) is 44.7 Å². The van der Waals surface area contributed by atoms with Crippen molar-refractivity contribution in [2.24, 2.45) is 5.92 Å². The van der Waals surface area contributed by atoms with Gasteiger partial charge in [-0.25, -0.2) is 8.42 Å². The Kier molecular flexibility index (Phi) is 7.46. The lowest BCUT2D eigenvalue weighted by Crippen LogP contribution is -2.40. The van der Waals surface area contributed by atoms with Crippen LogP contribution in [0.5, 0.6) is 0 Å². The van der Waals surface area contributed by atoms with Crippen LogP contribution >= 0.6 is 0 Å². The van der Waals surface area contributed by atoms with Gasteiger partial charge in [-0.1, -0.05) is 60.2 Å². The van der Waals surface area contributed by atoms with Gasteiger partial charge in [-0.2, -0.15) is 0 Å². The van der Waals surface area contributed by atoms with E-state index in [-0.39, 0.29) is 17.6 Å². The number of hydrogen-bond donors (Lipinski definition) is 1. The molecule has 1 aliphatic heterocycles. The minimum atomic E-state index is -3.68. The van der Waals surface area contributed by atoms with Gasteiger partial charge in [0, 0.05) is 35.8 Å². The number of rotatable bonds is 7. The molecular formula is C28H28N2O4S. The third kappa shape index (κ3) is 6.45. The standard InChI is InChI=1S/C28H28N2O4S/c1-21-7-9-23(10-8-21)27(31)24-15-18-30(19-16-24)28(32)25-11-13-26(14-12-25)29-35(33,34)20-17-22-5-3-2-4-6-22/h2-14,17,20,24,29H,15-16,18-19H2,1H3/b20-17+. The van der Waals surface area contributed by atoms with Gasteiger partial charge in [-0.3, -0.25) is 14.3 Å². The number of piperidine rings is 1. The number of Topliss-reactive ketones (excluding diaryl/α,β-unsaturated/α-hetero) is 1. The number of ketones is 1. The first-order chi connectivity index (χ1) is 16.8. The second-order valence-electron chi connectivity index (χ2n) is 8.73. The highest BCUT2D eigenvalue weighted by Crippen LogP contribution is 2.24. The zero-order valence-electron chi connectivity index (χ0n) is 19.6. The monoisotopic (exact) mass is 488 g/mol. The van der Waals surface area contributed by atoms with Crippen molar-refractivity contribution >= 4 is 33.5 Å². The molecule has 4 rings (SSSR count). The number of nitrogens with one attached hydrogen (secondary N) is 1. The molecule has 35 heavy (non-hydrogen) atoms. The molecular weight excluding hydrogens is 460 g/mol. The first-order valence-corrected chi connectivity index (χ1v) is 13.1. The fourth-order valence-electron chi connectivity index (χ4n) is 4.09. The number of sulfonamides is 1. The molecule has 3 aromatic rings. The third-order valence-electron chi connectivity index (χ3n) is 6.12. The molecule has 0 unspecified atom stereocenters. The maximum atomic E-state index is 12.9. The van der Waals surface area contributed by atoms with E-state index >= 15 is 0 Å². The molecule has 180 valence electrons. The molecule has 0 radical (unpaired) electrons. The lowest BCUT2D eigenvalue weighted by molar-refractivity contribution is 0.0650. The minimum Gasteiger partial charge on any atom is -0.339 e. The van der Waals surface area contributed by atoms with E-state index in [1.54, 1.807) is 29.2 Å². The minimum absolute atomic E-state index is 0.0810. The highest BCUT2D eigenvalue weighted by atomic mass is 32.2. The number of nitrogens with zero attached hydrogens (tertiary/aromatic N) is 1. The summed E-state index contributed by atoms with van der Waals surface area (Å²) in [6.45, 7) is 3.02. The maximum Gasteiger partial charge on any atom is 0.255 e. The van der Waals surface area contributed by atoms with Crippen molar-refractivity contribution in [3.05, 3.63) is 107 Å². The van der Waals surface area contributed by atoms with Crippen LogP contribution in [-0.4, -0.2) is 38.1 Å². The topological polar surface area (TPSA) is 83.6 Å². The number of hydrogen-bond acceptors (Lipinski definition) is 4. The summed E-state index contributed by atoms with van der Waals surface area (Å²) in [4.78, 5) is 27.5. The second kappa shape index (κ2) is 10.7. The molecule has 1 aliphatic rings. The molecule has 0 bridgehead atoms. The number of anilines is 1. The molecule has 0 aliphatic carbocycles. The Labute approximate surface area is 206 Å². The quantitative estimate of drug-likeness (QED) is 0.467. The van der Waals surface area contributed by atoms with E-state index in [4.69, 9.17) is 0 Å². The maximum absolute atomic E-state index is 12.9. The first kappa shape index (κ1) is 24.4. The molecule has 3 aromatic carbocycles. The van der Waals surface area contributed by atoms with Crippen molar-refractivity contribution in [2.75, 3.05) is 17.8 Å². The summed E-state index contributed by atoms with van der Waals surface area (Å²) >= 11 is 0. The van der Waals surface area contributed by atoms with Crippen molar-refractivity contribution in [3.8, 4) is 0 Å². The molecule has 0 aromatic heterocycles. The summed E-state index contributed by atoms with van der Waals surface area (Å²) in [5, 5.41) is 1.11. The van der Waals surface area contributed by atoms with Crippen LogP contribution in [0.3, 0.4) is 0 Å². The average Bonchev–Trinajstić information content (AvgIpc) is 2.88. The van der Waals surface area contributed by atoms with Gasteiger partial charge in [0.15, 0.2) is 5.78 Å². The van der Waals surface area contributed by atoms with Crippen molar-refractivity contribution < 1.29 is 18.0 Å². The molecule has 0 saturated carbocycles. The lowest BCUT2D eigenvalue weighted by Gasteiger charge is -2.31. The van der Waals surface area contributed by atoms with E-state index in [1.807, 2.05) is 61.5 Å². The summed E-state index contributed by atoms with van der Waals surface area (Å²) in [5.41, 5.74) is 3.47. The Morgan fingerprint density at radius 1 is 0.857 bits per heavy atom. The Hall–Kier alpha value is -3.71. The summed E-state index contributed by atoms with van der Waals surface area (Å²) in [7, 11) is -3.68. The molecule has 7 heteroatoms. The zero-order chi connectivity index (χ0) is 24.8. The van der Waals surface area contributed by atoms with Crippen molar-refractivity contribution in [1.82, 2.24) is 4.90 Å².